The van der Waals surface area contributed by atoms with E-state index in [-0.39, 0.29) is 12.1 Å². The molecule has 0 fully saturated rings. The largest absolute Gasteiger partial charge is 0.469 e. The predicted octanol–water partition coefficient (Wildman–Crippen LogP) is 1.77. The average Bonchev–Trinajstić information content (AvgIpc) is 2.37. The van der Waals surface area contributed by atoms with E-state index in [0.717, 1.165) is 5.76 Å². The van der Waals surface area contributed by atoms with Crippen molar-refractivity contribution < 1.29 is 13.9 Å². The number of esters is 1. The molecule has 0 spiro atoms. The molecule has 0 N–H and O–H groups in total. The molecule has 3 heteroatoms. The Morgan fingerprint density at radius 3 is 3.00 bits per heavy atom. The van der Waals surface area contributed by atoms with Crippen molar-refractivity contribution in [1.29, 1.82) is 0 Å². The minimum atomic E-state index is -0.256. The van der Waals surface area contributed by atoms with Crippen LogP contribution in [0, 0.1) is 0 Å². The van der Waals surface area contributed by atoms with Crippen LogP contribution in [0.4, 0.5) is 0 Å². The third kappa shape index (κ3) is 2.78. The number of hydrogen-bond acceptors (Lipinski definition) is 3. The van der Waals surface area contributed by atoms with Crippen molar-refractivity contribution in [3.05, 3.63) is 24.2 Å². The van der Waals surface area contributed by atoms with E-state index in [0.29, 0.717) is 6.42 Å². The summed E-state index contributed by atoms with van der Waals surface area (Å²) < 4.78 is 10.0. The van der Waals surface area contributed by atoms with Crippen LogP contribution in [-0.4, -0.2) is 12.1 Å². The Labute approximate surface area is 71.3 Å². The van der Waals surface area contributed by atoms with Crippen LogP contribution in [0.5, 0.6) is 0 Å². The molecule has 0 bridgehead atoms. The molecule has 1 aromatic rings. The fourth-order valence-corrected chi connectivity index (χ4v) is 1.04. The zero-order chi connectivity index (χ0) is 8.97. The quantitative estimate of drug-likeness (QED) is 0.646. The van der Waals surface area contributed by atoms with Crippen molar-refractivity contribution in [3.8, 4) is 0 Å². The maximum atomic E-state index is 10.5. The molecular formula is C9H12O3. The molecular weight excluding hydrogens is 156 g/mol. The molecule has 0 aliphatic carbocycles. The number of carbonyl (C=O) groups is 1. The monoisotopic (exact) mass is 168 g/mol. The van der Waals surface area contributed by atoms with Crippen molar-refractivity contribution >= 4 is 5.97 Å². The first kappa shape index (κ1) is 8.84. The van der Waals surface area contributed by atoms with Crippen molar-refractivity contribution in [2.45, 2.75) is 26.4 Å². The van der Waals surface area contributed by atoms with E-state index in [1.165, 1.54) is 6.92 Å². The molecule has 3 nitrogen and oxygen atoms in total. The van der Waals surface area contributed by atoms with Gasteiger partial charge in [-0.25, -0.2) is 0 Å². The van der Waals surface area contributed by atoms with E-state index in [4.69, 9.17) is 9.15 Å². The molecule has 66 valence electrons. The third-order valence-corrected chi connectivity index (χ3v) is 1.44. The van der Waals surface area contributed by atoms with E-state index < -0.39 is 0 Å². The molecule has 1 atom stereocenters. The molecule has 0 amide bonds. The smallest absolute Gasteiger partial charge is 0.302 e. The third-order valence-electron chi connectivity index (χ3n) is 1.44. The van der Waals surface area contributed by atoms with Crippen molar-refractivity contribution in [2.24, 2.45) is 0 Å². The van der Waals surface area contributed by atoms with Crippen LogP contribution >= 0.6 is 0 Å². The molecule has 0 unspecified atom stereocenters. The van der Waals surface area contributed by atoms with Gasteiger partial charge in [0.2, 0.25) is 0 Å². The summed E-state index contributed by atoms with van der Waals surface area (Å²) in [6.07, 6.45) is 2.12. The summed E-state index contributed by atoms with van der Waals surface area (Å²) in [5, 5.41) is 0. The molecule has 12 heavy (non-hydrogen) atoms. The highest BCUT2D eigenvalue weighted by Crippen LogP contribution is 2.06. The van der Waals surface area contributed by atoms with Crippen molar-refractivity contribution in [3.63, 3.8) is 0 Å². The maximum Gasteiger partial charge on any atom is 0.302 e. The maximum absolute atomic E-state index is 10.5. The summed E-state index contributed by atoms with van der Waals surface area (Å²) >= 11 is 0. The van der Waals surface area contributed by atoms with Gasteiger partial charge in [-0.05, 0) is 19.1 Å². The summed E-state index contributed by atoms with van der Waals surface area (Å²) in [6, 6.07) is 3.68. The van der Waals surface area contributed by atoms with Gasteiger partial charge in [-0.3, -0.25) is 4.79 Å². The van der Waals surface area contributed by atoms with E-state index in [2.05, 4.69) is 0 Å². The lowest BCUT2D eigenvalue weighted by atomic mass is 10.2. The van der Waals surface area contributed by atoms with Gasteiger partial charge in [0.1, 0.15) is 11.9 Å². The molecule has 0 radical (unpaired) electrons. The molecule has 0 aromatic carbocycles. The Balaban J connectivity index is 2.36. The first-order chi connectivity index (χ1) is 5.68. The van der Waals surface area contributed by atoms with Crippen LogP contribution in [0.3, 0.4) is 0 Å². The SMILES string of the molecule is CC(=O)O[C@@H](C)Cc1ccco1. The summed E-state index contributed by atoms with van der Waals surface area (Å²) in [5.74, 6) is 0.581. The van der Waals surface area contributed by atoms with E-state index >= 15 is 0 Å². The lowest BCUT2D eigenvalue weighted by Gasteiger charge is -2.08. The zero-order valence-electron chi connectivity index (χ0n) is 7.24. The molecule has 1 aromatic heterocycles. The first-order valence-electron chi connectivity index (χ1n) is 3.88. The van der Waals surface area contributed by atoms with Crippen LogP contribution in [-0.2, 0) is 16.0 Å². The standard InChI is InChI=1S/C9H12O3/c1-7(12-8(2)10)6-9-4-3-5-11-9/h3-5,7H,6H2,1-2H3/t7-/m0/s1. The van der Waals surface area contributed by atoms with E-state index in [1.807, 2.05) is 19.1 Å². The number of carbonyl (C=O) groups excluding carboxylic acids is 1. The Bertz CT molecular complexity index is 238. The Morgan fingerprint density at radius 1 is 1.75 bits per heavy atom. The van der Waals surface area contributed by atoms with E-state index in [1.54, 1.807) is 6.26 Å². The number of rotatable bonds is 3. The van der Waals surface area contributed by atoms with Crippen LogP contribution in [0.1, 0.15) is 19.6 Å². The first-order valence-corrected chi connectivity index (χ1v) is 3.88. The lowest BCUT2D eigenvalue weighted by Crippen LogP contribution is -2.14. The van der Waals surface area contributed by atoms with Gasteiger partial charge in [0.25, 0.3) is 0 Å². The van der Waals surface area contributed by atoms with Crippen LogP contribution in [0.2, 0.25) is 0 Å². The number of ether oxygens (including phenoxy) is 1. The molecule has 0 saturated heterocycles. The van der Waals surface area contributed by atoms with Gasteiger partial charge < -0.3 is 9.15 Å². The van der Waals surface area contributed by atoms with Gasteiger partial charge in [0.05, 0.1) is 6.26 Å². The highest BCUT2D eigenvalue weighted by Gasteiger charge is 2.07. The van der Waals surface area contributed by atoms with Crippen LogP contribution in [0.25, 0.3) is 0 Å². The Hall–Kier alpha value is -1.25. The second-order valence-corrected chi connectivity index (χ2v) is 2.70. The van der Waals surface area contributed by atoms with Crippen LogP contribution in [0.15, 0.2) is 22.8 Å². The fraction of sp³-hybridized carbons (Fsp3) is 0.444. The van der Waals surface area contributed by atoms with Crippen molar-refractivity contribution in [1.82, 2.24) is 0 Å². The molecule has 0 saturated carbocycles. The van der Waals surface area contributed by atoms with Gasteiger partial charge in [-0.15, -0.1) is 0 Å². The highest BCUT2D eigenvalue weighted by atomic mass is 16.5. The minimum absolute atomic E-state index is 0.117. The number of furan rings is 1. The summed E-state index contributed by atoms with van der Waals surface area (Å²) in [5.41, 5.74) is 0. The minimum Gasteiger partial charge on any atom is -0.469 e. The lowest BCUT2D eigenvalue weighted by molar-refractivity contribution is -0.145. The molecule has 1 rings (SSSR count). The average molecular weight is 168 g/mol. The van der Waals surface area contributed by atoms with Crippen LogP contribution < -0.4 is 0 Å². The number of hydrogen-bond donors (Lipinski definition) is 0. The van der Waals surface area contributed by atoms with Gasteiger partial charge in [-0.2, -0.15) is 0 Å². The molecule has 0 aliphatic heterocycles. The zero-order valence-corrected chi connectivity index (χ0v) is 7.24. The van der Waals surface area contributed by atoms with Gasteiger partial charge >= 0.3 is 5.97 Å². The molecule has 0 aliphatic rings. The normalized spacial score (nSPS) is 12.5. The Kier molecular flexibility index (Phi) is 2.91. The highest BCUT2D eigenvalue weighted by molar-refractivity contribution is 5.66. The predicted molar refractivity (Wildman–Crippen MR) is 43.6 cm³/mol. The summed E-state index contributed by atoms with van der Waals surface area (Å²) in [4.78, 5) is 10.5. The van der Waals surface area contributed by atoms with Crippen molar-refractivity contribution in [2.75, 3.05) is 0 Å². The Morgan fingerprint density at radius 2 is 2.50 bits per heavy atom. The molecule has 1 heterocycles. The van der Waals surface area contributed by atoms with E-state index in [9.17, 15) is 4.79 Å². The summed E-state index contributed by atoms with van der Waals surface area (Å²) in [7, 11) is 0. The second-order valence-electron chi connectivity index (χ2n) is 2.70. The van der Waals surface area contributed by atoms with Gasteiger partial charge in [-0.1, -0.05) is 0 Å². The summed E-state index contributed by atoms with van der Waals surface area (Å²) in [6.45, 7) is 3.24. The topological polar surface area (TPSA) is 39.4 Å². The second kappa shape index (κ2) is 3.95. The van der Waals surface area contributed by atoms with Gasteiger partial charge in [0.15, 0.2) is 0 Å². The fourth-order valence-electron chi connectivity index (χ4n) is 1.04. The van der Waals surface area contributed by atoms with Gasteiger partial charge in [0, 0.05) is 13.3 Å².